The van der Waals surface area contributed by atoms with E-state index in [4.69, 9.17) is 9.47 Å². The molecule has 44 heavy (non-hydrogen) atoms. The second-order valence-electron chi connectivity index (χ2n) is 10.4. The third-order valence-electron chi connectivity index (χ3n) is 7.44. The van der Waals surface area contributed by atoms with Gasteiger partial charge in [-0.1, -0.05) is 72.8 Å². The number of amides is 1. The number of ether oxygens (including phenoxy) is 2. The van der Waals surface area contributed by atoms with Crippen LogP contribution in [0.5, 0.6) is 11.5 Å². The zero-order valence-corrected chi connectivity index (χ0v) is 24.7. The summed E-state index contributed by atoms with van der Waals surface area (Å²) in [4.78, 5) is 12.8. The number of rotatable bonds is 10. The minimum Gasteiger partial charge on any atom is -0.490 e. The smallest absolute Gasteiger partial charge is 0.271 e. The van der Waals surface area contributed by atoms with Crippen molar-refractivity contribution in [3.63, 3.8) is 0 Å². The number of hydrogen-bond acceptors (Lipinski definition) is 4. The Balaban J connectivity index is 1.11. The number of aromatic nitrogens is 1. The van der Waals surface area contributed by atoms with Crippen molar-refractivity contribution < 1.29 is 14.3 Å². The van der Waals surface area contributed by atoms with Gasteiger partial charge in [0.1, 0.15) is 6.61 Å². The Kier molecular flexibility index (Phi) is 8.50. The molecule has 6 rings (SSSR count). The molecule has 0 atom stereocenters. The predicted molar refractivity (Wildman–Crippen MR) is 177 cm³/mol. The van der Waals surface area contributed by atoms with Gasteiger partial charge in [0.15, 0.2) is 11.5 Å². The highest BCUT2D eigenvalue weighted by molar-refractivity contribution is 5.95. The van der Waals surface area contributed by atoms with Crippen LogP contribution < -0.4 is 14.9 Å². The molecule has 1 aromatic heterocycles. The van der Waals surface area contributed by atoms with E-state index >= 15 is 0 Å². The number of fused-ring (bicyclic) bond motifs is 1. The van der Waals surface area contributed by atoms with Crippen LogP contribution in [0, 0.1) is 6.92 Å². The van der Waals surface area contributed by atoms with E-state index in [0.717, 1.165) is 33.8 Å². The van der Waals surface area contributed by atoms with E-state index in [0.29, 0.717) is 30.3 Å². The average molecular weight is 580 g/mol. The maximum absolute atomic E-state index is 12.8. The molecule has 5 aromatic carbocycles. The van der Waals surface area contributed by atoms with Gasteiger partial charge in [0.05, 0.1) is 18.5 Å². The molecule has 1 N–H and O–H groups in total. The lowest BCUT2D eigenvalue weighted by molar-refractivity contribution is 0.0955. The van der Waals surface area contributed by atoms with Crippen molar-refractivity contribution in [3.05, 3.63) is 150 Å². The number of carbonyl (C=O) groups is 1. The van der Waals surface area contributed by atoms with Gasteiger partial charge in [-0.05, 0) is 95.9 Å². The minimum atomic E-state index is -0.291. The Labute approximate surface area is 257 Å². The summed E-state index contributed by atoms with van der Waals surface area (Å²) in [7, 11) is 0. The highest BCUT2D eigenvalue weighted by Crippen LogP contribution is 2.30. The van der Waals surface area contributed by atoms with Gasteiger partial charge in [-0.25, -0.2) is 5.43 Å². The van der Waals surface area contributed by atoms with Gasteiger partial charge >= 0.3 is 0 Å². The summed E-state index contributed by atoms with van der Waals surface area (Å²) in [5, 5.41) is 6.53. The largest absolute Gasteiger partial charge is 0.490 e. The fourth-order valence-corrected chi connectivity index (χ4v) is 5.27. The molecule has 6 nitrogen and oxygen atoms in total. The highest BCUT2D eigenvalue weighted by atomic mass is 16.5. The predicted octanol–water partition coefficient (Wildman–Crippen LogP) is 8.35. The average Bonchev–Trinajstić information content (AvgIpc) is 3.46. The van der Waals surface area contributed by atoms with Crippen LogP contribution >= 0.6 is 0 Å². The number of hydrogen-bond donors (Lipinski definition) is 1. The van der Waals surface area contributed by atoms with E-state index in [1.54, 1.807) is 6.21 Å². The summed E-state index contributed by atoms with van der Waals surface area (Å²) in [5.41, 5.74) is 9.36. The fourth-order valence-electron chi connectivity index (χ4n) is 5.27. The molecule has 218 valence electrons. The molecule has 0 aliphatic heterocycles. The minimum absolute atomic E-state index is 0.291. The monoisotopic (exact) mass is 579 g/mol. The Bertz CT molecular complexity index is 1920. The van der Waals surface area contributed by atoms with Gasteiger partial charge in [-0.2, -0.15) is 5.10 Å². The van der Waals surface area contributed by atoms with Crippen LogP contribution in [-0.4, -0.2) is 23.3 Å². The SMILES string of the molecule is CCOc1cc(C=NNC(=O)c2ccc(-n3c(C)ccc3-c3ccccc3)cc2)ccc1OCc1cccc2ccccc12. The zero-order chi connectivity index (χ0) is 30.3. The van der Waals surface area contributed by atoms with Gasteiger partial charge in [-0.15, -0.1) is 0 Å². The number of benzene rings is 5. The topological polar surface area (TPSA) is 64.8 Å². The van der Waals surface area contributed by atoms with Crippen molar-refractivity contribution in [2.45, 2.75) is 20.5 Å². The summed E-state index contributed by atoms with van der Waals surface area (Å²) in [5.74, 6) is 0.976. The molecule has 0 bridgehead atoms. The summed E-state index contributed by atoms with van der Waals surface area (Å²) in [6, 6.07) is 42.1. The van der Waals surface area contributed by atoms with E-state index < -0.39 is 0 Å². The summed E-state index contributed by atoms with van der Waals surface area (Å²) in [6.07, 6.45) is 1.60. The molecule has 0 unspecified atom stereocenters. The van der Waals surface area contributed by atoms with Gasteiger partial charge in [0, 0.05) is 16.9 Å². The second-order valence-corrected chi connectivity index (χ2v) is 10.4. The first-order valence-electron chi connectivity index (χ1n) is 14.6. The molecule has 0 fully saturated rings. The van der Waals surface area contributed by atoms with Crippen LogP contribution in [0.2, 0.25) is 0 Å². The van der Waals surface area contributed by atoms with E-state index in [2.05, 4.69) is 70.5 Å². The van der Waals surface area contributed by atoms with Crippen molar-refractivity contribution >= 4 is 22.9 Å². The first-order chi connectivity index (χ1) is 21.6. The molecule has 0 aliphatic carbocycles. The van der Waals surface area contributed by atoms with Crippen LogP contribution in [0.15, 0.2) is 132 Å². The maximum Gasteiger partial charge on any atom is 0.271 e. The van der Waals surface area contributed by atoms with Crippen molar-refractivity contribution in [1.29, 1.82) is 0 Å². The molecule has 6 heteroatoms. The first-order valence-corrected chi connectivity index (χ1v) is 14.6. The number of carbonyl (C=O) groups excluding carboxylic acids is 1. The Morgan fingerprint density at radius 3 is 2.39 bits per heavy atom. The standard InChI is InChI=1S/C38H33N3O3/c1-3-43-37-24-28(17-23-36(37)44-26-32-14-9-13-29-10-7-8-15-34(29)32)25-39-40-38(42)31-18-20-33(21-19-31)41-27(2)16-22-35(41)30-11-5-4-6-12-30/h4-25H,3,26H2,1-2H3,(H,40,42). The fraction of sp³-hybridized carbons (Fsp3) is 0.105. The van der Waals surface area contributed by atoms with Crippen LogP contribution in [0.25, 0.3) is 27.7 Å². The van der Waals surface area contributed by atoms with Gasteiger partial charge in [0.2, 0.25) is 0 Å². The van der Waals surface area contributed by atoms with Crippen molar-refractivity contribution in [2.24, 2.45) is 5.10 Å². The van der Waals surface area contributed by atoms with E-state index in [1.165, 1.54) is 10.8 Å². The van der Waals surface area contributed by atoms with E-state index in [1.807, 2.05) is 85.8 Å². The maximum atomic E-state index is 12.8. The molecule has 6 aromatic rings. The molecule has 0 aliphatic rings. The summed E-state index contributed by atoms with van der Waals surface area (Å²) >= 11 is 0. The van der Waals surface area contributed by atoms with Crippen molar-refractivity contribution in [1.82, 2.24) is 9.99 Å². The third kappa shape index (κ3) is 6.25. The lowest BCUT2D eigenvalue weighted by Crippen LogP contribution is -2.17. The van der Waals surface area contributed by atoms with Crippen molar-refractivity contribution in [2.75, 3.05) is 6.61 Å². The molecular weight excluding hydrogens is 546 g/mol. The van der Waals surface area contributed by atoms with Gasteiger partial charge < -0.3 is 14.0 Å². The highest BCUT2D eigenvalue weighted by Gasteiger charge is 2.12. The summed E-state index contributed by atoms with van der Waals surface area (Å²) < 4.78 is 14.2. The molecule has 0 saturated heterocycles. The van der Waals surface area contributed by atoms with Crippen LogP contribution in [0.1, 0.15) is 34.1 Å². The third-order valence-corrected chi connectivity index (χ3v) is 7.44. The quantitative estimate of drug-likeness (QED) is 0.131. The molecular formula is C38H33N3O3. The Morgan fingerprint density at radius 2 is 1.57 bits per heavy atom. The number of hydrazone groups is 1. The Hall–Kier alpha value is -5.62. The summed E-state index contributed by atoms with van der Waals surface area (Å²) in [6.45, 7) is 4.91. The Morgan fingerprint density at radius 1 is 0.795 bits per heavy atom. The number of aryl methyl sites for hydroxylation is 1. The molecule has 0 radical (unpaired) electrons. The lowest BCUT2D eigenvalue weighted by atomic mass is 10.1. The van der Waals surface area contributed by atoms with Gasteiger partial charge in [0.25, 0.3) is 5.91 Å². The molecule has 0 saturated carbocycles. The van der Waals surface area contributed by atoms with E-state index in [-0.39, 0.29) is 5.91 Å². The number of nitrogens with zero attached hydrogens (tertiary/aromatic N) is 2. The molecule has 1 heterocycles. The normalized spacial score (nSPS) is 11.1. The van der Waals surface area contributed by atoms with Crippen LogP contribution in [-0.2, 0) is 6.61 Å². The zero-order valence-electron chi connectivity index (χ0n) is 24.7. The first kappa shape index (κ1) is 28.5. The van der Waals surface area contributed by atoms with E-state index in [9.17, 15) is 4.79 Å². The molecule has 1 amide bonds. The lowest BCUT2D eigenvalue weighted by Gasteiger charge is -2.14. The van der Waals surface area contributed by atoms with Gasteiger partial charge in [-0.3, -0.25) is 4.79 Å². The van der Waals surface area contributed by atoms with Crippen molar-refractivity contribution in [3.8, 4) is 28.4 Å². The molecule has 0 spiro atoms. The number of nitrogens with one attached hydrogen (secondary N) is 1. The van der Waals surface area contributed by atoms with Crippen LogP contribution in [0.4, 0.5) is 0 Å². The van der Waals surface area contributed by atoms with Crippen LogP contribution in [0.3, 0.4) is 0 Å². The second kappa shape index (κ2) is 13.1.